The number of carboxylic acids is 1. The largest absolute Gasteiger partial charge is 0.481 e. The minimum Gasteiger partial charge on any atom is -0.481 e. The van der Waals surface area contributed by atoms with Crippen LogP contribution in [0, 0.1) is 0 Å². The maximum Gasteiger partial charge on any atom is 0.313 e. The predicted octanol–water partition coefficient (Wildman–Crippen LogP) is 1.93. The highest BCUT2D eigenvalue weighted by Crippen LogP contribution is 2.38. The Bertz CT molecular complexity index is 522. The van der Waals surface area contributed by atoms with E-state index in [9.17, 15) is 14.4 Å². The number of nitrogens with zero attached hydrogens (tertiary/aromatic N) is 1. The van der Waals surface area contributed by atoms with Crippen molar-refractivity contribution >= 4 is 37.9 Å². The lowest BCUT2D eigenvalue weighted by atomic mass is 10.1. The fourth-order valence-electron chi connectivity index (χ4n) is 2.39. The summed E-state index contributed by atoms with van der Waals surface area (Å²) in [5.74, 6) is -1.05. The van der Waals surface area contributed by atoms with Gasteiger partial charge in [-0.05, 0) is 24.6 Å². The molecule has 7 nitrogen and oxygen atoms in total. The molecule has 1 atom stereocenters. The Labute approximate surface area is 161 Å². The van der Waals surface area contributed by atoms with Gasteiger partial charge < -0.3 is 19.7 Å². The van der Waals surface area contributed by atoms with Gasteiger partial charge in [0, 0.05) is 19.6 Å². The van der Waals surface area contributed by atoms with Gasteiger partial charge in [-0.2, -0.15) is 0 Å². The Morgan fingerprint density at radius 3 is 2.54 bits per heavy atom. The number of carbonyl (C=O) groups excluding carboxylic acids is 2. The highest BCUT2D eigenvalue weighted by Gasteiger charge is 2.40. The van der Waals surface area contributed by atoms with Gasteiger partial charge in [-0.1, -0.05) is 20.8 Å². The van der Waals surface area contributed by atoms with E-state index in [0.717, 1.165) is 18.2 Å². The van der Waals surface area contributed by atoms with Gasteiger partial charge in [0.2, 0.25) is 11.8 Å². The topological polar surface area (TPSA) is 95.9 Å². The third-order valence-electron chi connectivity index (χ3n) is 4.91. The monoisotopic (exact) mass is 404 g/mol. The highest BCUT2D eigenvalue weighted by atomic mass is 32.2. The van der Waals surface area contributed by atoms with Crippen LogP contribution in [0.5, 0.6) is 0 Å². The van der Waals surface area contributed by atoms with Crippen LogP contribution >= 0.6 is 11.8 Å². The van der Waals surface area contributed by atoms with Gasteiger partial charge in [0.05, 0.1) is 24.0 Å². The second-order valence-corrected chi connectivity index (χ2v) is 13.9. The first-order valence-electron chi connectivity index (χ1n) is 8.94. The molecule has 0 radical (unpaired) electrons. The SMILES string of the molecule is CC(C)(C)[Si](C)(C)OC1CCN(CCNC(=O)CSCC(=O)O)C(=O)C1. The Kier molecular flexibility index (Phi) is 8.62. The summed E-state index contributed by atoms with van der Waals surface area (Å²) in [5.41, 5.74) is 0. The molecule has 1 aliphatic rings. The molecule has 1 heterocycles. The summed E-state index contributed by atoms with van der Waals surface area (Å²) in [5, 5.41) is 11.4. The van der Waals surface area contributed by atoms with Crippen LogP contribution < -0.4 is 5.32 Å². The average Bonchev–Trinajstić information content (AvgIpc) is 2.47. The van der Waals surface area contributed by atoms with Crippen molar-refractivity contribution in [2.75, 3.05) is 31.1 Å². The molecule has 2 N–H and O–H groups in total. The summed E-state index contributed by atoms with van der Waals surface area (Å²) in [7, 11) is -1.88. The van der Waals surface area contributed by atoms with Crippen molar-refractivity contribution in [3.8, 4) is 0 Å². The molecule has 0 saturated carbocycles. The number of piperidine rings is 1. The number of carbonyl (C=O) groups is 3. The Morgan fingerprint density at radius 1 is 1.35 bits per heavy atom. The van der Waals surface area contributed by atoms with Crippen LogP contribution in [0.4, 0.5) is 0 Å². The maximum absolute atomic E-state index is 12.3. The van der Waals surface area contributed by atoms with E-state index in [1.807, 2.05) is 0 Å². The highest BCUT2D eigenvalue weighted by molar-refractivity contribution is 8.00. The molecule has 0 aromatic carbocycles. The number of amides is 2. The molecular formula is C17H32N2O5SSi. The van der Waals surface area contributed by atoms with Gasteiger partial charge in [0.15, 0.2) is 8.32 Å². The fraction of sp³-hybridized carbons (Fsp3) is 0.824. The van der Waals surface area contributed by atoms with Crippen LogP contribution in [0.1, 0.15) is 33.6 Å². The predicted molar refractivity (Wildman–Crippen MR) is 106 cm³/mol. The second-order valence-electron chi connectivity index (χ2n) is 8.11. The van der Waals surface area contributed by atoms with Crippen molar-refractivity contribution in [3.05, 3.63) is 0 Å². The van der Waals surface area contributed by atoms with Crippen molar-refractivity contribution in [2.45, 2.75) is 57.8 Å². The van der Waals surface area contributed by atoms with Crippen LogP contribution in [0.25, 0.3) is 0 Å². The summed E-state index contributed by atoms with van der Waals surface area (Å²) >= 11 is 1.06. The summed E-state index contributed by atoms with van der Waals surface area (Å²) < 4.78 is 6.34. The Hall–Kier alpha value is -1.06. The van der Waals surface area contributed by atoms with Crippen molar-refractivity contribution < 1.29 is 23.9 Å². The molecule has 0 aliphatic carbocycles. The van der Waals surface area contributed by atoms with Crippen LogP contribution in [0.3, 0.4) is 0 Å². The van der Waals surface area contributed by atoms with Crippen LogP contribution in [0.2, 0.25) is 18.1 Å². The molecule has 1 aliphatic heterocycles. The minimum absolute atomic E-state index is 0.0124. The smallest absolute Gasteiger partial charge is 0.313 e. The van der Waals surface area contributed by atoms with E-state index in [2.05, 4.69) is 39.2 Å². The average molecular weight is 405 g/mol. The lowest BCUT2D eigenvalue weighted by molar-refractivity contribution is -0.137. The van der Waals surface area contributed by atoms with Crippen LogP contribution in [-0.2, 0) is 18.8 Å². The van der Waals surface area contributed by atoms with Crippen LogP contribution in [0.15, 0.2) is 0 Å². The molecular weight excluding hydrogens is 372 g/mol. The first-order valence-corrected chi connectivity index (χ1v) is 13.0. The summed E-state index contributed by atoms with van der Waals surface area (Å²) in [6.45, 7) is 12.5. The standard InChI is InChI=1S/C17H32N2O5SSi/c1-17(2,3)26(4,5)24-13-6-8-19(15(21)10-13)9-7-18-14(20)11-25-12-16(22)23/h13H,6-12H2,1-5H3,(H,18,20)(H,22,23). The second kappa shape index (κ2) is 9.75. The third kappa shape index (κ3) is 7.67. The first kappa shape index (κ1) is 23.0. The molecule has 0 aromatic heterocycles. The number of hydrogen-bond acceptors (Lipinski definition) is 5. The zero-order valence-electron chi connectivity index (χ0n) is 16.5. The molecule has 1 rings (SSSR count). The molecule has 26 heavy (non-hydrogen) atoms. The maximum atomic E-state index is 12.3. The molecule has 2 amide bonds. The number of likely N-dealkylation sites (tertiary alicyclic amines) is 1. The van der Waals surface area contributed by atoms with Gasteiger partial charge in [-0.15, -0.1) is 11.8 Å². The van der Waals surface area contributed by atoms with E-state index in [1.54, 1.807) is 4.90 Å². The van der Waals surface area contributed by atoms with Crippen molar-refractivity contribution in [2.24, 2.45) is 0 Å². The lowest BCUT2D eigenvalue weighted by Crippen LogP contribution is -2.50. The molecule has 1 fully saturated rings. The van der Waals surface area contributed by atoms with Gasteiger partial charge in [0.25, 0.3) is 0 Å². The minimum atomic E-state index is -1.88. The van der Waals surface area contributed by atoms with Crippen LogP contribution in [-0.4, -0.2) is 73.4 Å². The molecule has 0 aromatic rings. The molecule has 0 bridgehead atoms. The van der Waals surface area contributed by atoms with Gasteiger partial charge in [0.1, 0.15) is 0 Å². The Morgan fingerprint density at radius 2 is 2.00 bits per heavy atom. The summed E-state index contributed by atoms with van der Waals surface area (Å²) in [4.78, 5) is 36.1. The van der Waals surface area contributed by atoms with Gasteiger partial charge >= 0.3 is 5.97 Å². The quantitative estimate of drug-likeness (QED) is 0.570. The molecule has 9 heteroatoms. The molecule has 1 saturated heterocycles. The number of nitrogens with one attached hydrogen (secondary N) is 1. The van der Waals surface area contributed by atoms with Crippen molar-refractivity contribution in [1.82, 2.24) is 10.2 Å². The zero-order chi connectivity index (χ0) is 20.0. The van der Waals surface area contributed by atoms with Gasteiger partial charge in [-0.3, -0.25) is 14.4 Å². The van der Waals surface area contributed by atoms with Gasteiger partial charge in [-0.25, -0.2) is 0 Å². The molecule has 1 unspecified atom stereocenters. The third-order valence-corrected chi connectivity index (χ3v) is 10.4. The molecule has 0 spiro atoms. The number of hydrogen-bond donors (Lipinski definition) is 2. The van der Waals surface area contributed by atoms with Crippen molar-refractivity contribution in [3.63, 3.8) is 0 Å². The van der Waals surface area contributed by atoms with E-state index in [0.29, 0.717) is 26.1 Å². The molecule has 150 valence electrons. The van der Waals surface area contributed by atoms with E-state index in [-0.39, 0.29) is 34.5 Å². The van der Waals surface area contributed by atoms with Crippen molar-refractivity contribution in [1.29, 1.82) is 0 Å². The van der Waals surface area contributed by atoms with E-state index < -0.39 is 14.3 Å². The number of carboxylic acid groups (broad SMARTS) is 1. The Balaban J connectivity index is 2.31. The first-order chi connectivity index (χ1) is 11.9. The fourth-order valence-corrected chi connectivity index (χ4v) is 4.35. The van der Waals surface area contributed by atoms with E-state index >= 15 is 0 Å². The lowest BCUT2D eigenvalue weighted by Gasteiger charge is -2.41. The van der Waals surface area contributed by atoms with E-state index in [4.69, 9.17) is 9.53 Å². The number of thioether (sulfide) groups is 1. The zero-order valence-corrected chi connectivity index (χ0v) is 18.3. The normalized spacial score (nSPS) is 18.7. The summed E-state index contributed by atoms with van der Waals surface area (Å²) in [6.07, 6.45) is 1.21. The number of rotatable bonds is 9. The van der Waals surface area contributed by atoms with E-state index in [1.165, 1.54) is 0 Å². The number of aliphatic carboxylic acids is 1. The summed E-state index contributed by atoms with van der Waals surface area (Å²) in [6, 6.07) is 0.